The van der Waals surface area contributed by atoms with Gasteiger partial charge in [-0.05, 0) is 55.9 Å². The minimum atomic E-state index is -0.404. The molecule has 4 aliphatic rings. The molecule has 0 N–H and O–H groups in total. The molecule has 1 aromatic rings. The van der Waals surface area contributed by atoms with Crippen molar-refractivity contribution in [3.63, 3.8) is 0 Å². The molecule has 1 aromatic carbocycles. The van der Waals surface area contributed by atoms with Crippen LogP contribution < -0.4 is 4.90 Å². The number of imide groups is 1. The van der Waals surface area contributed by atoms with Crippen molar-refractivity contribution in [3.8, 4) is 0 Å². The van der Waals surface area contributed by atoms with E-state index >= 15 is 0 Å². The number of nitrogens with zero attached hydrogens (tertiary/aromatic N) is 1. The minimum absolute atomic E-state index is 0.104. The molecule has 1 saturated heterocycles. The second-order valence-electron chi connectivity index (χ2n) is 6.62. The molecule has 0 aromatic heterocycles. The topological polar surface area (TPSA) is 63.7 Å². The van der Waals surface area contributed by atoms with Gasteiger partial charge in [-0.1, -0.05) is 12.2 Å². The summed E-state index contributed by atoms with van der Waals surface area (Å²) in [6.07, 6.45) is 6.18. The van der Waals surface area contributed by atoms with Crippen LogP contribution >= 0.6 is 0 Å². The van der Waals surface area contributed by atoms with Crippen LogP contribution in [0.5, 0.6) is 0 Å². The quantitative estimate of drug-likeness (QED) is 0.487. The van der Waals surface area contributed by atoms with Crippen LogP contribution in [-0.4, -0.2) is 24.4 Å². The standard InChI is InChI=1S/C19H19NO4/c1-2-24-19(23)13-7-9-14(10-8-13)20-17(21)15-11-3-4-12(6-5-11)16(15)18(20)22/h3-4,7-12,15-16H,2,5-6H2,1H3/t11-,12+,15-,16+. The lowest BCUT2D eigenvalue weighted by molar-refractivity contribution is -0.124. The summed E-state index contributed by atoms with van der Waals surface area (Å²) in [5.41, 5.74) is 0.950. The fourth-order valence-electron chi connectivity index (χ4n) is 4.29. The smallest absolute Gasteiger partial charge is 0.338 e. The summed E-state index contributed by atoms with van der Waals surface area (Å²) in [7, 11) is 0. The zero-order valence-electron chi connectivity index (χ0n) is 13.5. The number of carbonyl (C=O) groups is 3. The summed E-state index contributed by atoms with van der Waals surface area (Å²) in [6.45, 7) is 2.06. The van der Waals surface area contributed by atoms with Gasteiger partial charge in [0.1, 0.15) is 0 Å². The molecular weight excluding hydrogens is 306 g/mol. The summed E-state index contributed by atoms with van der Waals surface area (Å²) in [4.78, 5) is 38.7. The van der Waals surface area contributed by atoms with Crippen molar-refractivity contribution >= 4 is 23.5 Å². The van der Waals surface area contributed by atoms with E-state index in [-0.39, 0.29) is 35.5 Å². The molecule has 2 fully saturated rings. The molecule has 5 rings (SSSR count). The molecular formula is C19H19NO4. The lowest BCUT2D eigenvalue weighted by Gasteiger charge is -2.38. The third kappa shape index (κ3) is 2.11. The van der Waals surface area contributed by atoms with Crippen molar-refractivity contribution in [2.75, 3.05) is 11.5 Å². The lowest BCUT2D eigenvalue weighted by atomic mass is 9.63. The Morgan fingerprint density at radius 3 is 2.04 bits per heavy atom. The molecule has 24 heavy (non-hydrogen) atoms. The van der Waals surface area contributed by atoms with Crippen molar-refractivity contribution in [1.82, 2.24) is 0 Å². The third-order valence-corrected chi connectivity index (χ3v) is 5.40. The summed E-state index contributed by atoms with van der Waals surface area (Å²) >= 11 is 0. The van der Waals surface area contributed by atoms with E-state index in [1.807, 2.05) is 0 Å². The number of carbonyl (C=O) groups excluding carboxylic acids is 3. The second kappa shape index (κ2) is 5.58. The Labute approximate surface area is 140 Å². The van der Waals surface area contributed by atoms with E-state index in [0.29, 0.717) is 17.9 Å². The maximum absolute atomic E-state index is 12.8. The fourth-order valence-corrected chi connectivity index (χ4v) is 4.29. The Hall–Kier alpha value is -2.43. The largest absolute Gasteiger partial charge is 0.462 e. The first-order chi connectivity index (χ1) is 11.6. The Balaban J connectivity index is 1.62. The fraction of sp³-hybridized carbons (Fsp3) is 0.421. The Kier molecular flexibility index (Phi) is 3.52. The van der Waals surface area contributed by atoms with Gasteiger partial charge in [0.2, 0.25) is 11.8 Å². The predicted octanol–water partition coefficient (Wildman–Crippen LogP) is 2.56. The van der Waals surface area contributed by atoms with Gasteiger partial charge in [0.25, 0.3) is 0 Å². The number of hydrogen-bond acceptors (Lipinski definition) is 4. The van der Waals surface area contributed by atoms with Crippen LogP contribution in [0.25, 0.3) is 0 Å². The summed E-state index contributed by atoms with van der Waals surface area (Å²) in [6, 6.07) is 6.49. The molecule has 1 saturated carbocycles. The third-order valence-electron chi connectivity index (χ3n) is 5.40. The normalized spacial score (nSPS) is 30.6. The summed E-state index contributed by atoms with van der Waals surface area (Å²) < 4.78 is 4.95. The number of esters is 1. The highest BCUT2D eigenvalue weighted by molar-refractivity contribution is 6.22. The highest BCUT2D eigenvalue weighted by atomic mass is 16.5. The average molecular weight is 325 g/mol. The van der Waals surface area contributed by atoms with Crippen molar-refractivity contribution in [1.29, 1.82) is 0 Å². The number of fused-ring (bicyclic) bond motifs is 1. The molecule has 0 radical (unpaired) electrons. The van der Waals surface area contributed by atoms with Gasteiger partial charge in [0.15, 0.2) is 0 Å². The molecule has 2 amide bonds. The van der Waals surface area contributed by atoms with E-state index in [0.717, 1.165) is 12.8 Å². The van der Waals surface area contributed by atoms with E-state index in [9.17, 15) is 14.4 Å². The van der Waals surface area contributed by atoms with E-state index in [2.05, 4.69) is 12.2 Å². The van der Waals surface area contributed by atoms with E-state index in [1.54, 1.807) is 31.2 Å². The van der Waals surface area contributed by atoms with Crippen molar-refractivity contribution in [2.45, 2.75) is 19.8 Å². The number of allylic oxidation sites excluding steroid dienone is 2. The second-order valence-corrected chi connectivity index (χ2v) is 6.62. The molecule has 124 valence electrons. The van der Waals surface area contributed by atoms with Crippen LogP contribution in [0.3, 0.4) is 0 Å². The molecule has 4 atom stereocenters. The molecule has 1 aliphatic heterocycles. The summed E-state index contributed by atoms with van der Waals surface area (Å²) in [5, 5.41) is 0. The maximum Gasteiger partial charge on any atom is 0.338 e. The number of anilines is 1. The van der Waals surface area contributed by atoms with E-state index in [1.165, 1.54) is 4.90 Å². The zero-order valence-corrected chi connectivity index (χ0v) is 13.5. The molecule has 0 unspecified atom stereocenters. The van der Waals surface area contributed by atoms with Gasteiger partial charge < -0.3 is 4.74 Å². The summed E-state index contributed by atoms with van der Waals surface area (Å²) in [5.74, 6) is -0.683. The van der Waals surface area contributed by atoms with Gasteiger partial charge in [0.05, 0.1) is 29.7 Å². The first-order valence-electron chi connectivity index (χ1n) is 8.45. The first kappa shape index (κ1) is 15.1. The predicted molar refractivity (Wildman–Crippen MR) is 87.2 cm³/mol. The monoisotopic (exact) mass is 325 g/mol. The molecule has 3 aliphatic carbocycles. The highest BCUT2D eigenvalue weighted by Gasteiger charge is 2.56. The maximum atomic E-state index is 12.8. The van der Waals surface area contributed by atoms with Crippen LogP contribution in [0.1, 0.15) is 30.1 Å². The van der Waals surface area contributed by atoms with Gasteiger partial charge in [0, 0.05) is 0 Å². The number of benzene rings is 1. The van der Waals surface area contributed by atoms with Gasteiger partial charge in [-0.15, -0.1) is 0 Å². The Morgan fingerprint density at radius 1 is 1.04 bits per heavy atom. The zero-order chi connectivity index (χ0) is 16.8. The van der Waals surface area contributed by atoms with Crippen LogP contribution in [-0.2, 0) is 14.3 Å². The van der Waals surface area contributed by atoms with Crippen molar-refractivity contribution in [2.24, 2.45) is 23.7 Å². The first-order valence-corrected chi connectivity index (χ1v) is 8.45. The SMILES string of the molecule is CCOC(=O)c1ccc(N2C(=O)[C@@H]3[C@H](C2=O)[C@@H]2C=C[C@H]3CC2)cc1. The highest BCUT2D eigenvalue weighted by Crippen LogP contribution is 2.50. The number of hydrogen-bond donors (Lipinski definition) is 0. The lowest BCUT2D eigenvalue weighted by Crippen LogP contribution is -2.38. The van der Waals surface area contributed by atoms with Crippen LogP contribution in [0, 0.1) is 23.7 Å². The number of amides is 2. The van der Waals surface area contributed by atoms with Gasteiger partial charge in [-0.25, -0.2) is 4.79 Å². The molecule has 5 nitrogen and oxygen atoms in total. The van der Waals surface area contributed by atoms with E-state index < -0.39 is 5.97 Å². The van der Waals surface area contributed by atoms with Crippen molar-refractivity contribution < 1.29 is 19.1 Å². The van der Waals surface area contributed by atoms with Gasteiger partial charge in [-0.2, -0.15) is 0 Å². The molecule has 5 heteroatoms. The average Bonchev–Trinajstić information content (AvgIpc) is 2.90. The Bertz CT molecular complexity index is 704. The molecule has 2 bridgehead atoms. The van der Waals surface area contributed by atoms with Crippen LogP contribution in [0.2, 0.25) is 0 Å². The van der Waals surface area contributed by atoms with Crippen LogP contribution in [0.4, 0.5) is 5.69 Å². The van der Waals surface area contributed by atoms with Crippen LogP contribution in [0.15, 0.2) is 36.4 Å². The van der Waals surface area contributed by atoms with Crippen molar-refractivity contribution in [3.05, 3.63) is 42.0 Å². The Morgan fingerprint density at radius 2 is 1.58 bits per heavy atom. The number of ether oxygens (including phenoxy) is 1. The minimum Gasteiger partial charge on any atom is -0.462 e. The van der Waals surface area contributed by atoms with Gasteiger partial charge in [-0.3, -0.25) is 14.5 Å². The molecule has 0 spiro atoms. The number of rotatable bonds is 3. The van der Waals surface area contributed by atoms with Gasteiger partial charge >= 0.3 is 5.97 Å². The molecule has 1 heterocycles. The van der Waals surface area contributed by atoms with E-state index in [4.69, 9.17) is 4.74 Å².